The Morgan fingerprint density at radius 1 is 1.17 bits per heavy atom. The van der Waals surface area contributed by atoms with E-state index in [4.69, 9.17) is 9.88 Å². The minimum atomic E-state index is -3.81. The number of carbonyl (C=O) groups is 3. The van der Waals surface area contributed by atoms with Crippen LogP contribution in [0.4, 0.5) is 11.4 Å². The Bertz CT molecular complexity index is 1240. The van der Waals surface area contributed by atoms with E-state index in [1.807, 2.05) is 0 Å². The number of primary sulfonamides is 1. The molecule has 2 saturated heterocycles. The second-order valence-electron chi connectivity index (χ2n) is 8.03. The van der Waals surface area contributed by atoms with Crippen LogP contribution >= 0.6 is 11.8 Å². The minimum Gasteiger partial charge on any atom is -0.462 e. The van der Waals surface area contributed by atoms with Crippen molar-refractivity contribution in [2.24, 2.45) is 11.1 Å². The van der Waals surface area contributed by atoms with Gasteiger partial charge in [0.25, 0.3) is 0 Å². The van der Waals surface area contributed by atoms with Gasteiger partial charge in [0.05, 0.1) is 34.4 Å². The summed E-state index contributed by atoms with van der Waals surface area (Å²) in [7, 11) is -3.81. The number of carbonyl (C=O) groups excluding carboxylic acids is 3. The van der Waals surface area contributed by atoms with Crippen molar-refractivity contribution < 1.29 is 27.5 Å². The van der Waals surface area contributed by atoms with E-state index in [1.165, 1.54) is 23.9 Å². The van der Waals surface area contributed by atoms with Crippen molar-refractivity contribution in [2.75, 3.05) is 29.2 Å². The van der Waals surface area contributed by atoms with Crippen LogP contribution in [0.25, 0.3) is 0 Å². The van der Waals surface area contributed by atoms with E-state index in [9.17, 15) is 22.8 Å². The van der Waals surface area contributed by atoms with Gasteiger partial charge in [0.2, 0.25) is 21.8 Å². The molecule has 192 valence electrons. The van der Waals surface area contributed by atoms with Gasteiger partial charge in [-0.25, -0.2) is 23.8 Å². The molecule has 0 saturated carbocycles. The molecule has 0 aromatic heterocycles. The molecule has 2 aromatic carbocycles. The molecule has 2 fully saturated rings. The van der Waals surface area contributed by atoms with Crippen LogP contribution < -0.4 is 31.5 Å². The Labute approximate surface area is 212 Å². The number of sulfonamides is 1. The molecule has 2 aliphatic rings. The Hall–Kier alpha value is -3.17. The number of hydrogen-bond donors (Lipinski definition) is 5. The van der Waals surface area contributed by atoms with Gasteiger partial charge in [0.15, 0.2) is 0 Å². The van der Waals surface area contributed by atoms with Gasteiger partial charge in [-0.05, 0) is 55.5 Å². The van der Waals surface area contributed by atoms with E-state index in [-0.39, 0.29) is 35.0 Å². The zero-order valence-corrected chi connectivity index (χ0v) is 20.9. The number of thioether (sulfide) groups is 1. The summed E-state index contributed by atoms with van der Waals surface area (Å²) in [6.07, 6.45) is -0.407. The summed E-state index contributed by atoms with van der Waals surface area (Å²) in [5.41, 5.74) is 4.20. The second-order valence-corrected chi connectivity index (χ2v) is 10.7. The highest BCUT2D eigenvalue weighted by atomic mass is 32.2. The zero-order chi connectivity index (χ0) is 25.9. The van der Waals surface area contributed by atoms with E-state index in [1.54, 1.807) is 48.3 Å². The Balaban J connectivity index is 1.33. The number of nitrogens with zero attached hydrogens (tertiary/aromatic N) is 1. The number of esters is 1. The van der Waals surface area contributed by atoms with Gasteiger partial charge in [-0.3, -0.25) is 19.9 Å². The van der Waals surface area contributed by atoms with Gasteiger partial charge < -0.3 is 15.4 Å². The van der Waals surface area contributed by atoms with Gasteiger partial charge in [0.1, 0.15) is 11.7 Å². The van der Waals surface area contributed by atoms with Crippen LogP contribution in [0, 0.1) is 5.92 Å². The third-order valence-corrected chi connectivity index (χ3v) is 7.52. The van der Waals surface area contributed by atoms with Crippen molar-refractivity contribution in [1.82, 2.24) is 16.1 Å². The van der Waals surface area contributed by atoms with Gasteiger partial charge in [-0.2, -0.15) is 0 Å². The van der Waals surface area contributed by atoms with Crippen molar-refractivity contribution in [3.8, 4) is 0 Å². The third kappa shape index (κ3) is 5.96. The van der Waals surface area contributed by atoms with E-state index in [0.717, 1.165) is 0 Å². The number of benzene rings is 2. The predicted octanol–water partition coefficient (Wildman–Crippen LogP) is 0.153. The maximum atomic E-state index is 12.7. The number of rotatable bonds is 8. The summed E-state index contributed by atoms with van der Waals surface area (Å²) >= 11 is 1.22. The Morgan fingerprint density at radius 2 is 1.86 bits per heavy atom. The zero-order valence-electron chi connectivity index (χ0n) is 19.3. The molecule has 14 heteroatoms. The molecule has 2 amide bonds. The van der Waals surface area contributed by atoms with Crippen molar-refractivity contribution in [1.29, 1.82) is 0 Å². The topological polar surface area (TPSA) is 172 Å². The quantitative estimate of drug-likeness (QED) is 0.294. The normalized spacial score (nSPS) is 21.4. The summed E-state index contributed by atoms with van der Waals surface area (Å²) in [5.74, 6) is -1.19. The van der Waals surface area contributed by atoms with E-state index in [2.05, 4.69) is 21.4 Å². The maximum absolute atomic E-state index is 12.7. The first-order valence-corrected chi connectivity index (χ1v) is 13.7. The van der Waals surface area contributed by atoms with E-state index < -0.39 is 27.7 Å². The molecule has 12 nitrogen and oxygen atoms in total. The molecule has 2 aliphatic heterocycles. The number of hydrogen-bond acceptors (Lipinski definition) is 10. The highest BCUT2D eigenvalue weighted by Crippen LogP contribution is 2.27. The fourth-order valence-electron chi connectivity index (χ4n) is 3.84. The highest BCUT2D eigenvalue weighted by Gasteiger charge is 2.44. The van der Waals surface area contributed by atoms with Crippen LogP contribution in [-0.4, -0.2) is 56.8 Å². The van der Waals surface area contributed by atoms with Gasteiger partial charge in [-0.1, -0.05) is 0 Å². The lowest BCUT2D eigenvalue weighted by Gasteiger charge is -2.37. The monoisotopic (exact) mass is 534 g/mol. The fraction of sp³-hybridized carbons (Fsp3) is 0.318. The largest absolute Gasteiger partial charge is 0.462 e. The molecule has 0 bridgehead atoms. The van der Waals surface area contributed by atoms with Crippen molar-refractivity contribution in [3.63, 3.8) is 0 Å². The van der Waals surface area contributed by atoms with Crippen LogP contribution in [0.15, 0.2) is 53.4 Å². The summed E-state index contributed by atoms with van der Waals surface area (Å²) in [6, 6.07) is 12.4. The predicted molar refractivity (Wildman–Crippen MR) is 134 cm³/mol. The molecular formula is C22H26N6O6S2. The SMILES string of the molecule is CCOC(=O)c1ccc(NC(=O)CSC2NC(=O)C3CNN(c4ccc(S(N)(=O)=O)cc4)C3N2)cc1. The lowest BCUT2D eigenvalue weighted by atomic mass is 10.1. The first-order valence-electron chi connectivity index (χ1n) is 11.1. The summed E-state index contributed by atoms with van der Waals surface area (Å²) in [6.45, 7) is 2.39. The maximum Gasteiger partial charge on any atom is 0.338 e. The van der Waals surface area contributed by atoms with Gasteiger partial charge in [-0.15, -0.1) is 11.8 Å². The number of hydrazine groups is 1. The van der Waals surface area contributed by atoms with Crippen LogP contribution in [0.1, 0.15) is 17.3 Å². The molecule has 3 atom stereocenters. The molecule has 6 N–H and O–H groups in total. The summed E-state index contributed by atoms with van der Waals surface area (Å²) in [5, 5.41) is 15.8. The fourth-order valence-corrected chi connectivity index (χ4v) is 5.19. The molecule has 0 spiro atoms. The minimum absolute atomic E-state index is 0.00804. The molecule has 3 unspecified atom stereocenters. The smallest absolute Gasteiger partial charge is 0.338 e. The second kappa shape index (κ2) is 10.8. The summed E-state index contributed by atoms with van der Waals surface area (Å²) in [4.78, 5) is 36.8. The molecule has 2 heterocycles. The molecule has 0 aliphatic carbocycles. The van der Waals surface area contributed by atoms with E-state index >= 15 is 0 Å². The molecule has 2 aromatic rings. The highest BCUT2D eigenvalue weighted by molar-refractivity contribution is 8.00. The number of anilines is 2. The van der Waals surface area contributed by atoms with Crippen molar-refractivity contribution in [3.05, 3.63) is 54.1 Å². The average molecular weight is 535 g/mol. The standard InChI is InChI=1S/C22H26N6O6S2/c1-2-34-21(31)13-3-5-14(6-4-13)25-18(29)12-35-22-26-19-17(20(30)27-22)11-24-28(19)15-7-9-16(10-8-15)36(23,32)33/h3-10,17,19,22,24,26H,2,11-12H2,1H3,(H,25,29)(H,27,30)(H2,23,32,33). The Kier molecular flexibility index (Phi) is 7.80. The van der Waals surface area contributed by atoms with Crippen LogP contribution in [-0.2, 0) is 24.3 Å². The van der Waals surface area contributed by atoms with Crippen molar-refractivity contribution in [2.45, 2.75) is 23.5 Å². The first-order chi connectivity index (χ1) is 17.2. The number of nitrogens with two attached hydrogens (primary N) is 1. The number of ether oxygens (including phenoxy) is 1. The third-order valence-electron chi connectivity index (χ3n) is 5.58. The molecule has 4 rings (SSSR count). The van der Waals surface area contributed by atoms with E-state index in [0.29, 0.717) is 23.5 Å². The van der Waals surface area contributed by atoms with Crippen LogP contribution in [0.2, 0.25) is 0 Å². The molecule has 36 heavy (non-hydrogen) atoms. The summed E-state index contributed by atoms with van der Waals surface area (Å²) < 4.78 is 28.0. The average Bonchev–Trinajstić information content (AvgIpc) is 3.27. The lowest BCUT2D eigenvalue weighted by Crippen LogP contribution is -2.63. The van der Waals surface area contributed by atoms with Crippen LogP contribution in [0.5, 0.6) is 0 Å². The number of nitrogens with one attached hydrogen (secondary N) is 4. The lowest BCUT2D eigenvalue weighted by molar-refractivity contribution is -0.127. The van der Waals surface area contributed by atoms with Crippen LogP contribution in [0.3, 0.4) is 0 Å². The molecular weight excluding hydrogens is 508 g/mol. The number of fused-ring (bicyclic) bond motifs is 1. The van der Waals surface area contributed by atoms with Crippen molar-refractivity contribution >= 4 is 50.9 Å². The van der Waals surface area contributed by atoms with Gasteiger partial charge in [0, 0.05) is 12.2 Å². The van der Waals surface area contributed by atoms with Gasteiger partial charge >= 0.3 is 5.97 Å². The Morgan fingerprint density at radius 3 is 2.50 bits per heavy atom. The molecule has 0 radical (unpaired) electrons. The first kappa shape index (κ1) is 25.9. The number of amides is 2.